The first-order chi connectivity index (χ1) is 23.3. The van der Waals surface area contributed by atoms with Crippen molar-refractivity contribution in [1.29, 1.82) is 0 Å². The summed E-state index contributed by atoms with van der Waals surface area (Å²) in [7, 11) is 0. The van der Waals surface area contributed by atoms with E-state index >= 15 is 0 Å². The summed E-state index contributed by atoms with van der Waals surface area (Å²) in [5.41, 5.74) is 9.25. The Morgan fingerprint density at radius 1 is 0.511 bits per heavy atom. The minimum atomic E-state index is -0.275. The van der Waals surface area contributed by atoms with Crippen molar-refractivity contribution in [3.8, 4) is 22.3 Å². The zero-order valence-corrected chi connectivity index (χ0v) is 25.5. The third-order valence-electron chi connectivity index (χ3n) is 8.93. The van der Waals surface area contributed by atoms with Gasteiger partial charge in [-0.25, -0.2) is 9.98 Å². The number of aliphatic imine (C=N–C) groups is 2. The Hall–Kier alpha value is -6.26. The predicted octanol–water partition coefficient (Wildman–Crippen LogP) is 10.6. The van der Waals surface area contributed by atoms with E-state index in [-0.39, 0.29) is 6.17 Å². The third kappa shape index (κ3) is 4.79. The maximum absolute atomic E-state index is 6.63. The highest BCUT2D eigenvalue weighted by Crippen LogP contribution is 2.43. The second kappa shape index (κ2) is 11.3. The summed E-state index contributed by atoms with van der Waals surface area (Å²) in [5.74, 6) is 1.49. The van der Waals surface area contributed by atoms with Crippen LogP contribution in [0.1, 0.15) is 22.9 Å². The SMILES string of the molecule is c1ccc(C2=NC(c3cc(-c4ccc(-c5ccccc5)c5oc6ccccc6c45)c4ccccc4c3)=NC(c3ccccc3)N2)cc1. The number of benzene rings is 7. The quantitative estimate of drug-likeness (QED) is 0.213. The Morgan fingerprint density at radius 2 is 1.15 bits per heavy atom. The van der Waals surface area contributed by atoms with Crippen LogP contribution in [-0.4, -0.2) is 11.7 Å². The summed E-state index contributed by atoms with van der Waals surface area (Å²) in [6, 6.07) is 56.8. The van der Waals surface area contributed by atoms with Gasteiger partial charge in [0.2, 0.25) is 0 Å². The molecule has 7 aromatic carbocycles. The van der Waals surface area contributed by atoms with Crippen molar-refractivity contribution in [2.24, 2.45) is 9.98 Å². The van der Waals surface area contributed by atoms with Crippen LogP contribution < -0.4 is 5.32 Å². The van der Waals surface area contributed by atoms with Crippen molar-refractivity contribution >= 4 is 44.4 Å². The van der Waals surface area contributed by atoms with Crippen molar-refractivity contribution < 1.29 is 4.42 Å². The average Bonchev–Trinajstić information content (AvgIpc) is 3.55. The number of fused-ring (bicyclic) bond motifs is 4. The Bertz CT molecular complexity index is 2480. The number of furan rings is 1. The van der Waals surface area contributed by atoms with E-state index in [2.05, 4.69) is 121 Å². The van der Waals surface area contributed by atoms with E-state index in [4.69, 9.17) is 14.4 Å². The Morgan fingerprint density at radius 3 is 1.94 bits per heavy atom. The molecule has 0 aliphatic carbocycles. The lowest BCUT2D eigenvalue weighted by molar-refractivity contribution is 0.670. The van der Waals surface area contributed by atoms with Crippen LogP contribution >= 0.6 is 0 Å². The third-order valence-corrected chi connectivity index (χ3v) is 8.93. The first kappa shape index (κ1) is 27.1. The predicted molar refractivity (Wildman–Crippen MR) is 194 cm³/mol. The molecule has 1 aliphatic heterocycles. The van der Waals surface area contributed by atoms with Gasteiger partial charge in [0.1, 0.15) is 23.2 Å². The number of nitrogens with zero attached hydrogens (tertiary/aromatic N) is 2. The lowest BCUT2D eigenvalue weighted by Gasteiger charge is -2.24. The molecule has 4 heteroatoms. The number of hydrogen-bond donors (Lipinski definition) is 1. The number of hydrogen-bond acceptors (Lipinski definition) is 4. The van der Waals surface area contributed by atoms with E-state index in [0.717, 1.165) is 77.5 Å². The average molecular weight is 604 g/mol. The van der Waals surface area contributed by atoms with E-state index in [0.29, 0.717) is 5.84 Å². The maximum atomic E-state index is 6.63. The summed E-state index contributed by atoms with van der Waals surface area (Å²) in [4.78, 5) is 10.3. The van der Waals surface area contributed by atoms with Gasteiger partial charge in [-0.1, -0.05) is 140 Å². The topological polar surface area (TPSA) is 49.9 Å². The van der Waals surface area contributed by atoms with Gasteiger partial charge in [0.15, 0.2) is 5.84 Å². The normalized spacial score (nSPS) is 14.6. The van der Waals surface area contributed by atoms with Gasteiger partial charge in [-0.15, -0.1) is 0 Å². The molecule has 1 unspecified atom stereocenters. The van der Waals surface area contributed by atoms with E-state index in [1.807, 2.05) is 48.5 Å². The molecule has 222 valence electrons. The van der Waals surface area contributed by atoms with Crippen LogP contribution in [0.3, 0.4) is 0 Å². The zero-order chi connectivity index (χ0) is 31.2. The number of para-hydroxylation sites is 1. The van der Waals surface area contributed by atoms with Crippen LogP contribution in [0.25, 0.3) is 55.0 Å². The zero-order valence-electron chi connectivity index (χ0n) is 25.5. The standard InChI is InChI=1S/C43H29N3O/c1-4-14-28(15-5-1)34-24-25-35(39-36-22-12-13-23-38(36)47-40(34)39)37-27-32(26-31-20-10-11-21-33(31)37)43-45-41(29-16-6-2-7-17-29)44-42(46-43)30-18-8-3-9-19-30/h1-27,41H,(H,44,45,46). The molecule has 4 nitrogen and oxygen atoms in total. The highest BCUT2D eigenvalue weighted by atomic mass is 16.3. The molecular formula is C43H29N3O. The van der Waals surface area contributed by atoms with Gasteiger partial charge in [-0.2, -0.15) is 0 Å². The molecule has 8 aromatic rings. The highest BCUT2D eigenvalue weighted by Gasteiger charge is 2.23. The van der Waals surface area contributed by atoms with Crippen LogP contribution in [0.15, 0.2) is 178 Å². The molecule has 0 amide bonds. The Labute approximate surface area is 272 Å². The van der Waals surface area contributed by atoms with Gasteiger partial charge in [-0.05, 0) is 57.3 Å². The van der Waals surface area contributed by atoms with E-state index in [1.165, 1.54) is 0 Å². The van der Waals surface area contributed by atoms with Gasteiger partial charge in [0, 0.05) is 27.5 Å². The molecule has 9 rings (SSSR count). The first-order valence-corrected chi connectivity index (χ1v) is 15.9. The van der Waals surface area contributed by atoms with Gasteiger partial charge in [-0.3, -0.25) is 0 Å². The van der Waals surface area contributed by atoms with Crippen LogP contribution in [0.2, 0.25) is 0 Å². The summed E-state index contributed by atoms with van der Waals surface area (Å²) in [6.07, 6.45) is -0.275. The Balaban J connectivity index is 1.30. The van der Waals surface area contributed by atoms with Crippen LogP contribution in [0.4, 0.5) is 0 Å². The fourth-order valence-electron chi connectivity index (χ4n) is 6.69. The van der Waals surface area contributed by atoms with Crippen molar-refractivity contribution in [2.45, 2.75) is 6.17 Å². The van der Waals surface area contributed by atoms with Crippen molar-refractivity contribution in [3.05, 3.63) is 180 Å². The maximum Gasteiger partial charge on any atom is 0.159 e. The lowest BCUT2D eigenvalue weighted by atomic mass is 9.90. The monoisotopic (exact) mass is 603 g/mol. The number of rotatable bonds is 5. The smallest absolute Gasteiger partial charge is 0.159 e. The fourth-order valence-corrected chi connectivity index (χ4v) is 6.69. The van der Waals surface area contributed by atoms with E-state index in [9.17, 15) is 0 Å². The Kier molecular flexibility index (Phi) is 6.50. The van der Waals surface area contributed by atoms with E-state index < -0.39 is 0 Å². The molecule has 47 heavy (non-hydrogen) atoms. The molecule has 1 N–H and O–H groups in total. The molecule has 1 atom stereocenters. The number of nitrogens with one attached hydrogen (secondary N) is 1. The molecule has 2 heterocycles. The molecule has 1 aromatic heterocycles. The molecule has 0 fully saturated rings. The molecule has 0 spiro atoms. The summed E-state index contributed by atoms with van der Waals surface area (Å²) >= 11 is 0. The fraction of sp³-hybridized carbons (Fsp3) is 0.0233. The molecular weight excluding hydrogens is 574 g/mol. The summed E-state index contributed by atoms with van der Waals surface area (Å²) < 4.78 is 6.63. The molecule has 0 saturated carbocycles. The minimum Gasteiger partial charge on any atom is -0.455 e. The van der Waals surface area contributed by atoms with Gasteiger partial charge in [0.05, 0.1) is 0 Å². The van der Waals surface area contributed by atoms with Crippen LogP contribution in [0, 0.1) is 0 Å². The van der Waals surface area contributed by atoms with Crippen molar-refractivity contribution in [3.63, 3.8) is 0 Å². The summed E-state index contributed by atoms with van der Waals surface area (Å²) in [6.45, 7) is 0. The molecule has 0 saturated heterocycles. The molecule has 0 bridgehead atoms. The van der Waals surface area contributed by atoms with Gasteiger partial charge < -0.3 is 9.73 Å². The molecule has 1 aliphatic rings. The largest absolute Gasteiger partial charge is 0.455 e. The number of amidine groups is 2. The van der Waals surface area contributed by atoms with Crippen molar-refractivity contribution in [2.75, 3.05) is 0 Å². The minimum absolute atomic E-state index is 0.275. The lowest BCUT2D eigenvalue weighted by Crippen LogP contribution is -2.33. The second-order valence-corrected chi connectivity index (χ2v) is 11.8. The van der Waals surface area contributed by atoms with Crippen molar-refractivity contribution in [1.82, 2.24) is 5.32 Å². The first-order valence-electron chi connectivity index (χ1n) is 15.9. The van der Waals surface area contributed by atoms with Crippen LogP contribution in [0.5, 0.6) is 0 Å². The van der Waals surface area contributed by atoms with Crippen LogP contribution in [-0.2, 0) is 0 Å². The van der Waals surface area contributed by atoms with Gasteiger partial charge in [0.25, 0.3) is 0 Å². The summed E-state index contributed by atoms with van der Waals surface area (Å²) in [5, 5.41) is 8.07. The second-order valence-electron chi connectivity index (χ2n) is 11.8. The highest BCUT2D eigenvalue weighted by molar-refractivity contribution is 6.20. The van der Waals surface area contributed by atoms with Gasteiger partial charge >= 0.3 is 0 Å². The van der Waals surface area contributed by atoms with E-state index in [1.54, 1.807) is 0 Å². The molecule has 0 radical (unpaired) electrons.